The van der Waals surface area contributed by atoms with Crippen LogP contribution in [0, 0.1) is 0 Å². The standard InChI is InChI=1S/C50H31NS.C40H27NO.C35H21NO/c1-4-12-34(13-5-1)49-51-46-27-25-33-22-20-32-21-23-37(28-42(32)47(33)48(46)52-49)38-24-26-41-43-29-35-14-10-11-15-36(35)30-45(43)50(44(41)31-38,39-16-6-2-7-17-39)40-18-8-3-9-19-40;1-40(2)32-15-9-8-14-30(32)37-33(40)23-27-12-6-7-13-29(27)35(37)28-19-17-24-16-18-25-20-21-34-38(36(25)31(24)22-28)42-39(41-34)26-10-4-3-5-11-26;1-2-8-24(9-3-1)35-36-32-19-18-23-16-14-22-15-17-26(21-31(22)33(23)34(32)37-35)30-20-25-10-4-5-11-27(25)28-12-6-7-13-29(28)30/h1-31H;3-23H,1-2H3;1-21H. The van der Waals surface area contributed by atoms with Gasteiger partial charge in [0.1, 0.15) is 16.0 Å². The molecule has 0 fully saturated rings. The highest BCUT2D eigenvalue weighted by molar-refractivity contribution is 7.22. The van der Waals surface area contributed by atoms with Crippen LogP contribution in [0.25, 0.3) is 229 Å². The van der Waals surface area contributed by atoms with Crippen LogP contribution in [0.2, 0.25) is 0 Å². The number of aromatic nitrogens is 3. The summed E-state index contributed by atoms with van der Waals surface area (Å²) in [5.74, 6) is 1.30. The van der Waals surface area contributed by atoms with Gasteiger partial charge in [-0.25, -0.2) is 15.0 Å². The summed E-state index contributed by atoms with van der Waals surface area (Å²) >= 11 is 1.79. The summed E-state index contributed by atoms with van der Waals surface area (Å²) in [4.78, 5) is 14.8. The summed E-state index contributed by atoms with van der Waals surface area (Å²) in [7, 11) is 0. The fourth-order valence-corrected chi connectivity index (χ4v) is 22.8. The van der Waals surface area contributed by atoms with Gasteiger partial charge in [-0.2, -0.15) is 0 Å². The fourth-order valence-electron chi connectivity index (χ4n) is 21.6. The molecule has 0 saturated heterocycles. The number of oxazole rings is 2. The summed E-state index contributed by atoms with van der Waals surface area (Å²) < 4.78 is 14.2. The van der Waals surface area contributed by atoms with Crippen LogP contribution in [0.15, 0.2) is 452 Å². The van der Waals surface area contributed by atoms with Crippen molar-refractivity contribution in [2.75, 3.05) is 0 Å². The summed E-state index contributed by atoms with van der Waals surface area (Å²) in [6.07, 6.45) is 0. The molecule has 0 radical (unpaired) electrons. The Labute approximate surface area is 759 Å². The zero-order valence-electron chi connectivity index (χ0n) is 71.7. The van der Waals surface area contributed by atoms with E-state index in [0.717, 1.165) is 71.0 Å². The van der Waals surface area contributed by atoms with E-state index in [-0.39, 0.29) is 5.41 Å². The van der Waals surface area contributed by atoms with E-state index < -0.39 is 5.41 Å². The second kappa shape index (κ2) is 30.1. The first-order valence-corrected chi connectivity index (χ1v) is 45.8. The molecule has 3 aromatic heterocycles. The molecule has 131 heavy (non-hydrogen) atoms. The van der Waals surface area contributed by atoms with Crippen LogP contribution in [-0.4, -0.2) is 15.0 Å². The van der Waals surface area contributed by atoms with Crippen LogP contribution in [-0.2, 0) is 10.8 Å². The van der Waals surface area contributed by atoms with E-state index in [4.69, 9.17) is 23.8 Å². The number of nitrogens with zero attached hydrogens (tertiary/aromatic N) is 3. The lowest BCUT2D eigenvalue weighted by Crippen LogP contribution is -2.28. The molecule has 0 amide bonds. The molecule has 0 atom stereocenters. The molecule has 612 valence electrons. The molecule has 6 heteroatoms. The molecule has 26 aromatic rings. The van der Waals surface area contributed by atoms with Crippen molar-refractivity contribution in [3.8, 4) is 89.1 Å². The van der Waals surface area contributed by atoms with Crippen molar-refractivity contribution >= 4 is 151 Å². The predicted octanol–water partition coefficient (Wildman–Crippen LogP) is 34.2. The molecule has 23 aromatic carbocycles. The maximum Gasteiger partial charge on any atom is 0.227 e. The molecule has 3 heterocycles. The third-order valence-electron chi connectivity index (χ3n) is 27.8. The first kappa shape index (κ1) is 75.8. The second-order valence-electron chi connectivity index (χ2n) is 35.4. The van der Waals surface area contributed by atoms with Gasteiger partial charge in [-0.05, 0) is 272 Å². The summed E-state index contributed by atoms with van der Waals surface area (Å²) in [6, 6.07) is 160. The Hall–Kier alpha value is -16.5. The van der Waals surface area contributed by atoms with Gasteiger partial charge in [0.2, 0.25) is 11.8 Å². The van der Waals surface area contributed by atoms with Gasteiger partial charge in [-0.3, -0.25) is 0 Å². The summed E-state index contributed by atoms with van der Waals surface area (Å²) in [6.45, 7) is 4.71. The highest BCUT2D eigenvalue weighted by Gasteiger charge is 2.47. The molecule has 0 unspecified atom stereocenters. The maximum absolute atomic E-state index is 6.53. The molecule has 0 spiro atoms. The highest BCUT2D eigenvalue weighted by Crippen LogP contribution is 2.59. The van der Waals surface area contributed by atoms with Crippen molar-refractivity contribution in [2.24, 2.45) is 0 Å². The van der Waals surface area contributed by atoms with Crippen LogP contribution in [0.1, 0.15) is 47.2 Å². The third kappa shape index (κ3) is 12.2. The fraction of sp³-hybridized carbons (Fsp3) is 0.0320. The van der Waals surface area contributed by atoms with Gasteiger partial charge in [0, 0.05) is 38.3 Å². The van der Waals surface area contributed by atoms with Gasteiger partial charge in [0.05, 0.1) is 15.6 Å². The van der Waals surface area contributed by atoms with E-state index >= 15 is 0 Å². The number of fused-ring (bicyclic) bond motifs is 26. The second-order valence-corrected chi connectivity index (χ2v) is 36.4. The minimum atomic E-state index is -0.473. The van der Waals surface area contributed by atoms with E-state index in [2.05, 4.69) is 396 Å². The van der Waals surface area contributed by atoms with Gasteiger partial charge >= 0.3 is 0 Å². The average Bonchev–Trinajstić information content (AvgIpc) is 1.49. The van der Waals surface area contributed by atoms with E-state index in [1.807, 2.05) is 60.7 Å². The lowest BCUT2D eigenvalue weighted by Gasteiger charge is -2.34. The van der Waals surface area contributed by atoms with Gasteiger partial charge in [-0.1, -0.05) is 366 Å². The quantitative estimate of drug-likeness (QED) is 0.142. The SMILES string of the molecule is CC1(C)c2ccccc2-c2c1cc1ccccc1c2-c1ccc2ccc3ccc4nc(-c5ccccc5)oc4c3c2c1.c1ccc(-c2nc3ccc4ccc5ccc(-c6cc7ccccc7c7ccccc67)cc5c4c3o2)cc1.c1ccc(-c2nc3ccc4ccc5ccc(-c6ccc7c(c6)C(c6ccccc6)(c6ccccc6)c6cc8ccccc8cc6-7)cc5c4c3s2)cc1. The minimum Gasteiger partial charge on any atom is -0.435 e. The van der Waals surface area contributed by atoms with Crippen molar-refractivity contribution in [1.29, 1.82) is 0 Å². The number of thiazole rings is 1. The number of benzene rings is 23. The van der Waals surface area contributed by atoms with Crippen molar-refractivity contribution in [1.82, 2.24) is 15.0 Å². The lowest BCUT2D eigenvalue weighted by atomic mass is 9.67. The monoisotopic (exact) mass is 1690 g/mol. The smallest absolute Gasteiger partial charge is 0.227 e. The predicted molar refractivity (Wildman–Crippen MR) is 550 cm³/mol. The van der Waals surface area contributed by atoms with Gasteiger partial charge in [0.25, 0.3) is 0 Å². The normalized spacial score (nSPS) is 12.9. The largest absolute Gasteiger partial charge is 0.435 e. The number of rotatable bonds is 8. The number of hydrogen-bond donors (Lipinski definition) is 0. The number of hydrogen-bond acceptors (Lipinski definition) is 6. The van der Waals surface area contributed by atoms with Gasteiger partial charge in [-0.15, -0.1) is 11.3 Å². The Morgan fingerprint density at radius 3 is 1.25 bits per heavy atom. The summed E-state index contributed by atoms with van der Waals surface area (Å²) in [5.41, 5.74) is 27.7. The van der Waals surface area contributed by atoms with Crippen LogP contribution in [0.5, 0.6) is 0 Å². The topological polar surface area (TPSA) is 65.0 Å². The molecular formula is C125H79N3O2S. The Balaban J connectivity index is 0.000000105. The maximum atomic E-state index is 6.53. The zero-order chi connectivity index (χ0) is 86.6. The van der Waals surface area contributed by atoms with E-state index in [1.165, 1.54) is 180 Å². The molecule has 0 N–H and O–H groups in total. The molecular weight excluding hydrogens is 1610 g/mol. The molecule has 0 bridgehead atoms. The van der Waals surface area contributed by atoms with Crippen LogP contribution >= 0.6 is 11.3 Å². The first-order valence-electron chi connectivity index (χ1n) is 45.0. The van der Waals surface area contributed by atoms with Crippen LogP contribution in [0.3, 0.4) is 0 Å². The Morgan fingerprint density at radius 1 is 0.221 bits per heavy atom. The Morgan fingerprint density at radius 2 is 0.634 bits per heavy atom. The van der Waals surface area contributed by atoms with E-state index in [0.29, 0.717) is 11.8 Å². The van der Waals surface area contributed by atoms with Crippen LogP contribution < -0.4 is 0 Å². The van der Waals surface area contributed by atoms with Crippen molar-refractivity contribution in [3.63, 3.8) is 0 Å². The first-order chi connectivity index (χ1) is 64.7. The third-order valence-corrected chi connectivity index (χ3v) is 29.0. The molecule has 2 aliphatic carbocycles. The average molecular weight is 1690 g/mol. The van der Waals surface area contributed by atoms with Gasteiger partial charge in [0.15, 0.2) is 11.2 Å². The molecule has 28 rings (SSSR count). The Bertz CT molecular complexity index is 9150. The van der Waals surface area contributed by atoms with Gasteiger partial charge < -0.3 is 8.83 Å². The molecule has 2 aliphatic rings. The lowest BCUT2D eigenvalue weighted by molar-refractivity contribution is 0.623. The van der Waals surface area contributed by atoms with E-state index in [1.54, 1.807) is 11.3 Å². The van der Waals surface area contributed by atoms with Crippen molar-refractivity contribution in [3.05, 3.63) is 476 Å². The van der Waals surface area contributed by atoms with E-state index in [9.17, 15) is 0 Å². The van der Waals surface area contributed by atoms with Crippen LogP contribution in [0.4, 0.5) is 0 Å². The molecule has 5 nitrogen and oxygen atoms in total. The summed E-state index contributed by atoms with van der Waals surface area (Å²) in [5, 5.41) is 25.5. The van der Waals surface area contributed by atoms with Crippen molar-refractivity contribution < 1.29 is 8.83 Å². The zero-order valence-corrected chi connectivity index (χ0v) is 72.5. The molecule has 0 aliphatic heterocycles. The highest BCUT2D eigenvalue weighted by atomic mass is 32.1. The minimum absolute atomic E-state index is 0.0753. The van der Waals surface area contributed by atoms with Crippen molar-refractivity contribution in [2.45, 2.75) is 24.7 Å². The molecule has 0 saturated carbocycles. The Kier molecular flexibility index (Phi) is 17.4.